The molecule has 32 heavy (non-hydrogen) atoms. The third kappa shape index (κ3) is 9.41. The van der Waals surface area contributed by atoms with E-state index in [0.29, 0.717) is 18.9 Å². The van der Waals surface area contributed by atoms with Crippen molar-refractivity contribution in [2.75, 3.05) is 24.6 Å². The monoisotopic (exact) mass is 463 g/mol. The fourth-order valence-electron chi connectivity index (χ4n) is 3.64. The highest BCUT2D eigenvalue weighted by molar-refractivity contribution is 7.99. The molecule has 0 bridgehead atoms. The van der Waals surface area contributed by atoms with Gasteiger partial charge in [-0.2, -0.15) is 11.8 Å². The van der Waals surface area contributed by atoms with Gasteiger partial charge in [0.1, 0.15) is 0 Å². The fraction of sp³-hybridized carbons (Fsp3) is 0.680. The van der Waals surface area contributed by atoms with Crippen molar-refractivity contribution in [3.8, 4) is 0 Å². The van der Waals surface area contributed by atoms with Gasteiger partial charge in [0.2, 0.25) is 5.91 Å². The Kier molecular flexibility index (Phi) is 10.4. The van der Waals surface area contributed by atoms with Crippen LogP contribution in [0, 0.1) is 11.8 Å². The lowest BCUT2D eigenvalue weighted by molar-refractivity contribution is -0.125. The van der Waals surface area contributed by atoms with E-state index < -0.39 is 12.1 Å². The molecule has 2 rings (SSSR count). The van der Waals surface area contributed by atoms with E-state index in [4.69, 9.17) is 0 Å². The largest absolute Gasteiger partial charge is 0.389 e. The van der Waals surface area contributed by atoms with Crippen LogP contribution in [-0.4, -0.2) is 64.2 Å². The molecule has 3 N–H and O–H groups in total. The number of hydrogen-bond donors (Lipinski definition) is 3. The van der Waals surface area contributed by atoms with Gasteiger partial charge in [0, 0.05) is 23.8 Å². The smallest absolute Gasteiger partial charge is 0.317 e. The van der Waals surface area contributed by atoms with Gasteiger partial charge < -0.3 is 20.6 Å². The Morgan fingerprint density at radius 2 is 1.91 bits per heavy atom. The molecule has 1 aliphatic heterocycles. The van der Waals surface area contributed by atoms with Crippen molar-refractivity contribution >= 4 is 23.7 Å². The fourth-order valence-corrected chi connectivity index (χ4v) is 4.86. The zero-order chi connectivity index (χ0) is 23.7. The number of urea groups is 1. The molecule has 3 atom stereocenters. The first-order chi connectivity index (χ1) is 15.0. The Morgan fingerprint density at radius 1 is 1.22 bits per heavy atom. The first-order valence-electron chi connectivity index (χ1n) is 11.7. The predicted molar refractivity (Wildman–Crippen MR) is 133 cm³/mol. The molecule has 180 valence electrons. The van der Waals surface area contributed by atoms with E-state index in [1.54, 1.807) is 16.7 Å². The van der Waals surface area contributed by atoms with Crippen LogP contribution < -0.4 is 10.6 Å². The third-order valence-electron chi connectivity index (χ3n) is 5.54. The van der Waals surface area contributed by atoms with Crippen LogP contribution in [0.4, 0.5) is 4.79 Å². The highest BCUT2D eigenvalue weighted by Crippen LogP contribution is 2.24. The minimum Gasteiger partial charge on any atom is -0.389 e. The van der Waals surface area contributed by atoms with Crippen LogP contribution in [0.1, 0.15) is 53.0 Å². The molecule has 3 amide bonds. The summed E-state index contributed by atoms with van der Waals surface area (Å²) >= 11 is 1.79. The van der Waals surface area contributed by atoms with Crippen LogP contribution in [0.15, 0.2) is 30.3 Å². The Bertz CT molecular complexity index is 715. The van der Waals surface area contributed by atoms with Gasteiger partial charge in [-0.05, 0) is 57.3 Å². The molecule has 0 radical (unpaired) electrons. The maximum atomic E-state index is 12.9. The van der Waals surface area contributed by atoms with Crippen molar-refractivity contribution < 1.29 is 14.7 Å². The number of carbonyl (C=O) groups excluding carboxylic acids is 2. The maximum absolute atomic E-state index is 12.9. The van der Waals surface area contributed by atoms with Crippen LogP contribution in [0.5, 0.6) is 0 Å². The van der Waals surface area contributed by atoms with Gasteiger partial charge in [-0.3, -0.25) is 4.79 Å². The molecule has 1 aliphatic rings. The molecular formula is C25H41N3O3S. The zero-order valence-corrected chi connectivity index (χ0v) is 21.1. The number of aliphatic hydroxyl groups is 1. The summed E-state index contributed by atoms with van der Waals surface area (Å²) in [5.41, 5.74) is 0.682. The summed E-state index contributed by atoms with van der Waals surface area (Å²) in [4.78, 5) is 27.5. The maximum Gasteiger partial charge on any atom is 0.317 e. The topological polar surface area (TPSA) is 81.7 Å². The van der Waals surface area contributed by atoms with E-state index in [0.717, 1.165) is 29.9 Å². The number of rotatable bonds is 10. The highest BCUT2D eigenvalue weighted by Gasteiger charge is 2.30. The van der Waals surface area contributed by atoms with Crippen molar-refractivity contribution in [3.63, 3.8) is 0 Å². The standard InChI is InChI=1S/C25H41N3O3S/c1-18(2)11-13-28(24(31)27-25(3,4)5)16-22(29)21(15-19-9-7-6-8-10-19)26-23(30)20-12-14-32-17-20/h6-10,18,20-22,29H,11-17H2,1-5H3,(H,26,30)(H,27,31). The first-order valence-corrected chi connectivity index (χ1v) is 12.9. The van der Waals surface area contributed by atoms with Gasteiger partial charge in [0.05, 0.1) is 18.7 Å². The quantitative estimate of drug-likeness (QED) is 0.494. The van der Waals surface area contributed by atoms with Crippen LogP contribution in [0.25, 0.3) is 0 Å². The third-order valence-corrected chi connectivity index (χ3v) is 6.71. The number of amides is 3. The molecule has 1 saturated heterocycles. The number of nitrogens with zero attached hydrogens (tertiary/aromatic N) is 1. The minimum atomic E-state index is -0.869. The molecule has 1 fully saturated rings. The molecule has 1 aromatic carbocycles. The van der Waals surface area contributed by atoms with Crippen molar-refractivity contribution in [1.29, 1.82) is 0 Å². The summed E-state index contributed by atoms with van der Waals surface area (Å²) in [6, 6.07) is 9.22. The molecule has 0 spiro atoms. The van der Waals surface area contributed by atoms with E-state index in [9.17, 15) is 14.7 Å². The minimum absolute atomic E-state index is 0.00264. The second-order valence-corrected chi connectivity index (χ2v) is 11.4. The second kappa shape index (κ2) is 12.5. The zero-order valence-electron chi connectivity index (χ0n) is 20.3. The van der Waals surface area contributed by atoms with Gasteiger partial charge in [-0.15, -0.1) is 0 Å². The number of carbonyl (C=O) groups is 2. The summed E-state index contributed by atoms with van der Waals surface area (Å²) in [5, 5.41) is 17.3. The number of thioether (sulfide) groups is 1. The van der Waals surface area contributed by atoms with Crippen molar-refractivity contribution in [3.05, 3.63) is 35.9 Å². The lowest BCUT2D eigenvalue weighted by atomic mass is 9.99. The van der Waals surface area contributed by atoms with Crippen molar-refractivity contribution in [1.82, 2.24) is 15.5 Å². The number of benzene rings is 1. The molecule has 0 aliphatic carbocycles. The van der Waals surface area contributed by atoms with E-state index in [2.05, 4.69) is 24.5 Å². The van der Waals surface area contributed by atoms with E-state index >= 15 is 0 Å². The summed E-state index contributed by atoms with van der Waals surface area (Å²) in [5.74, 6) is 2.26. The normalized spacial score (nSPS) is 18.3. The van der Waals surface area contributed by atoms with Gasteiger partial charge in [0.15, 0.2) is 0 Å². The van der Waals surface area contributed by atoms with Gasteiger partial charge in [0.25, 0.3) is 0 Å². The van der Waals surface area contributed by atoms with Gasteiger partial charge in [-0.1, -0.05) is 44.2 Å². The van der Waals surface area contributed by atoms with Crippen molar-refractivity contribution in [2.24, 2.45) is 11.8 Å². The van der Waals surface area contributed by atoms with Crippen LogP contribution in [0.2, 0.25) is 0 Å². The molecular weight excluding hydrogens is 422 g/mol. The second-order valence-electron chi connectivity index (χ2n) is 10.2. The molecule has 3 unspecified atom stereocenters. The Labute approximate surface area is 197 Å². The highest BCUT2D eigenvalue weighted by atomic mass is 32.2. The average molecular weight is 464 g/mol. The summed E-state index contributed by atoms with van der Waals surface area (Å²) in [7, 11) is 0. The summed E-state index contributed by atoms with van der Waals surface area (Å²) < 4.78 is 0. The molecule has 0 saturated carbocycles. The predicted octanol–water partition coefficient (Wildman–Crippen LogP) is 3.68. The first kappa shape index (κ1) is 26.5. The van der Waals surface area contributed by atoms with E-state index in [1.165, 1.54) is 0 Å². The number of aliphatic hydroxyl groups excluding tert-OH is 1. The molecule has 1 heterocycles. The van der Waals surface area contributed by atoms with Crippen LogP contribution in [-0.2, 0) is 11.2 Å². The Morgan fingerprint density at radius 3 is 2.47 bits per heavy atom. The van der Waals surface area contributed by atoms with Crippen LogP contribution >= 0.6 is 11.8 Å². The lowest BCUT2D eigenvalue weighted by Crippen LogP contribution is -2.55. The summed E-state index contributed by atoms with van der Waals surface area (Å²) in [6.07, 6.45) is 1.37. The Hall–Kier alpha value is -1.73. The Balaban J connectivity index is 2.14. The van der Waals surface area contributed by atoms with Crippen molar-refractivity contribution in [2.45, 2.75) is 71.6 Å². The molecule has 1 aromatic rings. The lowest BCUT2D eigenvalue weighted by Gasteiger charge is -2.33. The molecule has 0 aromatic heterocycles. The average Bonchev–Trinajstić information content (AvgIpc) is 3.24. The van der Waals surface area contributed by atoms with Gasteiger partial charge >= 0.3 is 6.03 Å². The summed E-state index contributed by atoms with van der Waals surface area (Å²) in [6.45, 7) is 10.8. The van der Waals surface area contributed by atoms with Crippen LogP contribution in [0.3, 0.4) is 0 Å². The van der Waals surface area contributed by atoms with Gasteiger partial charge in [-0.25, -0.2) is 4.79 Å². The van der Waals surface area contributed by atoms with E-state index in [-0.39, 0.29) is 29.9 Å². The number of hydrogen-bond acceptors (Lipinski definition) is 4. The molecule has 6 nitrogen and oxygen atoms in total. The molecule has 7 heteroatoms. The van der Waals surface area contributed by atoms with E-state index in [1.807, 2.05) is 51.1 Å². The number of nitrogens with one attached hydrogen (secondary N) is 2. The SMILES string of the molecule is CC(C)CCN(CC(O)C(Cc1ccccc1)NC(=O)C1CCSC1)C(=O)NC(C)(C)C.